The van der Waals surface area contributed by atoms with E-state index in [1.165, 1.54) is 0 Å². The van der Waals surface area contributed by atoms with Gasteiger partial charge in [0.15, 0.2) is 0 Å². The van der Waals surface area contributed by atoms with Crippen molar-refractivity contribution in [3.8, 4) is 0 Å². The van der Waals surface area contributed by atoms with Gasteiger partial charge < -0.3 is 16.0 Å². The second-order valence-electron chi connectivity index (χ2n) is 6.45. The van der Waals surface area contributed by atoms with Crippen LogP contribution in [0.1, 0.15) is 33.1 Å². The molecule has 2 rings (SSSR count). The molecule has 2 unspecified atom stereocenters. The Labute approximate surface area is 127 Å². The Morgan fingerprint density at radius 1 is 1.40 bits per heavy atom. The highest BCUT2D eigenvalue weighted by atomic mass is 35.5. The van der Waals surface area contributed by atoms with Gasteiger partial charge in [0, 0.05) is 32.1 Å². The molecule has 0 radical (unpaired) electrons. The van der Waals surface area contributed by atoms with E-state index in [1.54, 1.807) is 0 Å². The molecule has 0 aromatic rings. The van der Waals surface area contributed by atoms with Gasteiger partial charge >= 0.3 is 0 Å². The number of rotatable bonds is 4. The van der Waals surface area contributed by atoms with E-state index in [4.69, 9.17) is 5.73 Å². The Morgan fingerprint density at radius 3 is 2.60 bits per heavy atom. The lowest BCUT2D eigenvalue weighted by Gasteiger charge is -2.32. The summed E-state index contributed by atoms with van der Waals surface area (Å²) < 4.78 is 0. The Kier molecular flexibility index (Phi) is 5.83. The molecule has 2 atom stereocenters. The van der Waals surface area contributed by atoms with Crippen LogP contribution in [-0.2, 0) is 9.59 Å². The molecule has 1 aliphatic heterocycles. The van der Waals surface area contributed by atoms with Gasteiger partial charge in [-0.3, -0.25) is 9.59 Å². The van der Waals surface area contributed by atoms with Crippen LogP contribution in [0.4, 0.5) is 0 Å². The summed E-state index contributed by atoms with van der Waals surface area (Å²) in [5.74, 6) is 0.379. The van der Waals surface area contributed by atoms with Crippen LogP contribution >= 0.6 is 12.4 Å². The molecule has 2 amide bonds. The highest BCUT2D eigenvalue weighted by Crippen LogP contribution is 2.52. The number of amides is 2. The lowest BCUT2D eigenvalue weighted by atomic mass is 9.96. The zero-order valence-corrected chi connectivity index (χ0v) is 13.2. The Hall–Kier alpha value is -0.810. The molecule has 0 bridgehead atoms. The first kappa shape index (κ1) is 17.2. The van der Waals surface area contributed by atoms with E-state index in [1.807, 2.05) is 4.90 Å². The quantitative estimate of drug-likeness (QED) is 0.805. The average Bonchev–Trinajstić information content (AvgIpc) is 3.04. The van der Waals surface area contributed by atoms with Gasteiger partial charge in [-0.25, -0.2) is 0 Å². The maximum Gasteiger partial charge on any atom is 0.226 e. The zero-order chi connectivity index (χ0) is 14.0. The van der Waals surface area contributed by atoms with Crippen molar-refractivity contribution in [1.29, 1.82) is 0 Å². The maximum absolute atomic E-state index is 12.3. The van der Waals surface area contributed by atoms with Crippen LogP contribution in [-0.4, -0.2) is 42.9 Å². The van der Waals surface area contributed by atoms with Crippen LogP contribution in [0.25, 0.3) is 0 Å². The summed E-state index contributed by atoms with van der Waals surface area (Å²) in [6, 6.07) is 0. The van der Waals surface area contributed by atoms with Crippen LogP contribution in [0, 0.1) is 17.3 Å². The molecular formula is C14H26ClN3O2. The molecule has 0 aromatic heterocycles. The van der Waals surface area contributed by atoms with E-state index in [0.717, 1.165) is 25.8 Å². The third-order valence-corrected chi connectivity index (χ3v) is 4.36. The van der Waals surface area contributed by atoms with Crippen molar-refractivity contribution in [2.75, 3.05) is 26.2 Å². The van der Waals surface area contributed by atoms with Gasteiger partial charge in [0.25, 0.3) is 0 Å². The van der Waals surface area contributed by atoms with Gasteiger partial charge in [-0.1, -0.05) is 13.8 Å². The predicted octanol–water partition coefficient (Wildman–Crippen LogP) is 0.768. The normalized spacial score (nSPS) is 27.4. The summed E-state index contributed by atoms with van der Waals surface area (Å²) in [5, 5.41) is 2.82. The van der Waals surface area contributed by atoms with E-state index >= 15 is 0 Å². The monoisotopic (exact) mass is 303 g/mol. The summed E-state index contributed by atoms with van der Waals surface area (Å²) in [5.41, 5.74) is 5.54. The van der Waals surface area contributed by atoms with Gasteiger partial charge in [-0.05, 0) is 24.7 Å². The fourth-order valence-electron chi connectivity index (χ4n) is 2.84. The number of nitrogens with one attached hydrogen (secondary N) is 1. The highest BCUT2D eigenvalue weighted by molar-refractivity contribution is 5.85. The number of nitrogens with two attached hydrogens (primary N) is 1. The summed E-state index contributed by atoms with van der Waals surface area (Å²) in [7, 11) is 0. The standard InChI is InChI=1S/C14H25N3O2.ClH/c1-14(2)8-11(14)13(19)17-7-3-4-10(9-17)12(18)16-6-5-15;/h10-11H,3-9,15H2,1-2H3,(H,16,18);1H. The molecule has 2 aliphatic rings. The lowest BCUT2D eigenvalue weighted by molar-refractivity contribution is -0.137. The topological polar surface area (TPSA) is 75.4 Å². The summed E-state index contributed by atoms with van der Waals surface area (Å²) in [4.78, 5) is 26.2. The number of nitrogens with zero attached hydrogens (tertiary/aromatic N) is 1. The van der Waals surface area contributed by atoms with Gasteiger partial charge in [0.1, 0.15) is 0 Å². The molecule has 5 nitrogen and oxygen atoms in total. The van der Waals surface area contributed by atoms with E-state index < -0.39 is 0 Å². The molecule has 0 aromatic carbocycles. The van der Waals surface area contributed by atoms with Gasteiger partial charge in [0.2, 0.25) is 11.8 Å². The van der Waals surface area contributed by atoms with Crippen molar-refractivity contribution in [2.24, 2.45) is 23.0 Å². The molecular weight excluding hydrogens is 278 g/mol. The molecule has 6 heteroatoms. The van der Waals surface area contributed by atoms with Crippen LogP contribution in [0.3, 0.4) is 0 Å². The molecule has 1 aliphatic carbocycles. The number of likely N-dealkylation sites (tertiary alicyclic amines) is 1. The van der Waals surface area contributed by atoms with Crippen molar-refractivity contribution in [1.82, 2.24) is 10.2 Å². The van der Waals surface area contributed by atoms with Gasteiger partial charge in [0.05, 0.1) is 5.92 Å². The molecule has 0 spiro atoms. The van der Waals surface area contributed by atoms with Crippen molar-refractivity contribution in [3.63, 3.8) is 0 Å². The molecule has 3 N–H and O–H groups in total. The van der Waals surface area contributed by atoms with Gasteiger partial charge in [-0.15, -0.1) is 12.4 Å². The second kappa shape index (κ2) is 6.76. The van der Waals surface area contributed by atoms with Crippen LogP contribution in [0.15, 0.2) is 0 Å². The minimum absolute atomic E-state index is 0. The second-order valence-corrected chi connectivity index (χ2v) is 6.45. The molecule has 2 fully saturated rings. The van der Waals surface area contributed by atoms with Gasteiger partial charge in [-0.2, -0.15) is 0 Å². The molecule has 116 valence electrons. The highest BCUT2D eigenvalue weighted by Gasteiger charge is 2.52. The number of halogens is 1. The first-order chi connectivity index (χ1) is 8.95. The molecule has 1 saturated heterocycles. The average molecular weight is 304 g/mol. The van der Waals surface area contributed by atoms with E-state index in [-0.39, 0.29) is 41.5 Å². The largest absolute Gasteiger partial charge is 0.355 e. The predicted molar refractivity (Wildman–Crippen MR) is 80.5 cm³/mol. The smallest absolute Gasteiger partial charge is 0.226 e. The number of carbonyl (C=O) groups excluding carboxylic acids is 2. The van der Waals surface area contributed by atoms with Crippen molar-refractivity contribution >= 4 is 24.2 Å². The fraction of sp³-hybridized carbons (Fsp3) is 0.857. The van der Waals surface area contributed by atoms with E-state index in [0.29, 0.717) is 19.6 Å². The summed E-state index contributed by atoms with van der Waals surface area (Å²) >= 11 is 0. The SMILES string of the molecule is CC1(C)CC1C(=O)N1CCCC(C(=O)NCCN)C1.Cl. The van der Waals surface area contributed by atoms with E-state index in [2.05, 4.69) is 19.2 Å². The Bertz CT molecular complexity index is 373. The minimum Gasteiger partial charge on any atom is -0.355 e. The summed E-state index contributed by atoms with van der Waals surface area (Å²) in [6.07, 6.45) is 2.76. The minimum atomic E-state index is -0.0638. The lowest BCUT2D eigenvalue weighted by Crippen LogP contribution is -2.46. The zero-order valence-electron chi connectivity index (χ0n) is 12.4. The molecule has 1 heterocycles. The first-order valence-corrected chi connectivity index (χ1v) is 7.22. The van der Waals surface area contributed by atoms with Crippen molar-refractivity contribution in [3.05, 3.63) is 0 Å². The van der Waals surface area contributed by atoms with Crippen molar-refractivity contribution < 1.29 is 9.59 Å². The fourth-order valence-corrected chi connectivity index (χ4v) is 2.84. The van der Waals surface area contributed by atoms with Crippen LogP contribution in [0.2, 0.25) is 0 Å². The Balaban J connectivity index is 0.00000200. The molecule has 1 saturated carbocycles. The number of hydrogen-bond donors (Lipinski definition) is 2. The van der Waals surface area contributed by atoms with Crippen molar-refractivity contribution in [2.45, 2.75) is 33.1 Å². The van der Waals surface area contributed by atoms with E-state index in [9.17, 15) is 9.59 Å². The van der Waals surface area contributed by atoms with Crippen LogP contribution in [0.5, 0.6) is 0 Å². The maximum atomic E-state index is 12.3. The van der Waals surface area contributed by atoms with Crippen LogP contribution < -0.4 is 11.1 Å². The third-order valence-electron chi connectivity index (χ3n) is 4.36. The number of hydrogen-bond acceptors (Lipinski definition) is 3. The summed E-state index contributed by atoms with van der Waals surface area (Å²) in [6.45, 7) is 6.60. The third kappa shape index (κ3) is 3.85. The first-order valence-electron chi connectivity index (χ1n) is 7.22. The number of carbonyl (C=O) groups is 2. The number of piperidine rings is 1. The molecule has 20 heavy (non-hydrogen) atoms. The Morgan fingerprint density at radius 2 is 2.05 bits per heavy atom.